The Morgan fingerprint density at radius 3 is 1.48 bits per heavy atom. The predicted molar refractivity (Wildman–Crippen MR) is 159 cm³/mol. The Labute approximate surface area is 254 Å². The molecule has 0 amide bonds. The number of thiophene rings is 2. The summed E-state index contributed by atoms with van der Waals surface area (Å²) in [6, 6.07) is 9.64. The van der Waals surface area contributed by atoms with Crippen LogP contribution in [0, 0.1) is 27.7 Å². The van der Waals surface area contributed by atoms with Gasteiger partial charge in [-0.15, -0.1) is 22.7 Å². The maximum absolute atomic E-state index is 12.5. The second-order valence-electron chi connectivity index (χ2n) is 8.69. The van der Waals surface area contributed by atoms with Crippen LogP contribution < -0.4 is 0 Å². The fraction of sp³-hybridized carbons (Fsp3) is 0.276. The first kappa shape index (κ1) is 34.3. The van der Waals surface area contributed by atoms with Gasteiger partial charge in [0.25, 0.3) is 0 Å². The molecular weight excluding hydrogens is 702 g/mol. The molecule has 40 heavy (non-hydrogen) atoms. The van der Waals surface area contributed by atoms with Crippen LogP contribution in [0.4, 0.5) is 26.3 Å². The summed E-state index contributed by atoms with van der Waals surface area (Å²) in [5, 5.41) is 0. The van der Waals surface area contributed by atoms with Crippen molar-refractivity contribution in [1.29, 1.82) is 0 Å². The number of halogens is 8. The van der Waals surface area contributed by atoms with Gasteiger partial charge in [-0.1, -0.05) is 31.7 Å². The molecule has 0 aliphatic heterocycles. The Morgan fingerprint density at radius 2 is 1.10 bits per heavy atom. The summed E-state index contributed by atoms with van der Waals surface area (Å²) < 4.78 is 76.6. The van der Waals surface area contributed by atoms with Gasteiger partial charge in [-0.25, -0.2) is 0 Å². The van der Waals surface area contributed by atoms with E-state index in [1.54, 1.807) is 23.5 Å². The molecule has 0 atom stereocenters. The van der Waals surface area contributed by atoms with Crippen LogP contribution in [0.25, 0.3) is 0 Å². The molecular formula is C29H26Br2F6OS2. The molecule has 0 aliphatic rings. The molecule has 0 saturated carbocycles. The van der Waals surface area contributed by atoms with Crippen molar-refractivity contribution in [3.05, 3.63) is 110 Å². The summed E-state index contributed by atoms with van der Waals surface area (Å²) in [4.78, 5) is 16.6. The molecule has 4 rings (SSSR count). The van der Waals surface area contributed by atoms with E-state index >= 15 is 0 Å². The number of carbonyl (C=O) groups is 1. The van der Waals surface area contributed by atoms with Gasteiger partial charge in [0.15, 0.2) is 5.78 Å². The van der Waals surface area contributed by atoms with Crippen molar-refractivity contribution in [2.24, 2.45) is 0 Å². The van der Waals surface area contributed by atoms with E-state index < -0.39 is 23.5 Å². The van der Waals surface area contributed by atoms with Crippen molar-refractivity contribution in [2.75, 3.05) is 0 Å². The van der Waals surface area contributed by atoms with Crippen molar-refractivity contribution in [3.63, 3.8) is 0 Å². The zero-order chi connectivity index (χ0) is 29.3. The highest BCUT2D eigenvalue weighted by molar-refractivity contribution is 9.11. The molecule has 0 N–H and O–H groups in total. The van der Waals surface area contributed by atoms with E-state index in [0.29, 0.717) is 16.5 Å². The molecule has 0 spiro atoms. The van der Waals surface area contributed by atoms with Crippen molar-refractivity contribution >= 4 is 60.3 Å². The highest BCUT2D eigenvalue weighted by atomic mass is 79.9. The minimum absolute atomic E-state index is 0. The summed E-state index contributed by atoms with van der Waals surface area (Å²) in [6.07, 6.45) is -8.01. The van der Waals surface area contributed by atoms with Gasteiger partial charge in [-0.05, 0) is 101 Å². The number of alkyl halides is 6. The second-order valence-corrected chi connectivity index (χ2v) is 13.1. The average molecular weight is 728 g/mol. The first-order valence-electron chi connectivity index (χ1n) is 11.4. The topological polar surface area (TPSA) is 17.1 Å². The van der Waals surface area contributed by atoms with Gasteiger partial charge in [0.2, 0.25) is 0 Å². The molecule has 0 radical (unpaired) electrons. The number of aryl methyl sites for hydroxylation is 4. The maximum Gasteiger partial charge on any atom is 0.416 e. The van der Waals surface area contributed by atoms with Gasteiger partial charge in [-0.3, -0.25) is 4.79 Å². The lowest BCUT2D eigenvalue weighted by molar-refractivity contribution is -0.138. The van der Waals surface area contributed by atoms with Crippen LogP contribution >= 0.6 is 54.5 Å². The minimum Gasteiger partial charge on any atom is -0.289 e. The minimum atomic E-state index is -4.39. The summed E-state index contributed by atoms with van der Waals surface area (Å²) in [5.41, 5.74) is 1.45. The fourth-order valence-electron chi connectivity index (χ4n) is 3.79. The van der Waals surface area contributed by atoms with Gasteiger partial charge >= 0.3 is 12.4 Å². The Kier molecular flexibility index (Phi) is 11.4. The van der Waals surface area contributed by atoms with Crippen molar-refractivity contribution in [1.82, 2.24) is 0 Å². The molecule has 2 aromatic carbocycles. The zero-order valence-electron chi connectivity index (χ0n) is 21.1. The highest BCUT2D eigenvalue weighted by Crippen LogP contribution is 2.36. The lowest BCUT2D eigenvalue weighted by Crippen LogP contribution is -2.07. The first-order chi connectivity index (χ1) is 18.0. The van der Waals surface area contributed by atoms with Gasteiger partial charge in [0, 0.05) is 34.0 Å². The van der Waals surface area contributed by atoms with Crippen LogP contribution in [-0.2, 0) is 18.8 Å². The molecule has 4 aromatic rings. The third-order valence-electron chi connectivity index (χ3n) is 5.86. The van der Waals surface area contributed by atoms with Crippen molar-refractivity contribution in [2.45, 2.75) is 53.9 Å². The lowest BCUT2D eigenvalue weighted by atomic mass is 10.0. The number of rotatable bonds is 4. The second kappa shape index (κ2) is 13.4. The van der Waals surface area contributed by atoms with Gasteiger partial charge in [-0.2, -0.15) is 26.3 Å². The monoisotopic (exact) mass is 726 g/mol. The number of hydrogen-bond donors (Lipinski definition) is 0. The van der Waals surface area contributed by atoms with Crippen LogP contribution in [0.3, 0.4) is 0 Å². The van der Waals surface area contributed by atoms with E-state index in [2.05, 4.69) is 31.9 Å². The maximum atomic E-state index is 12.5. The molecule has 0 fully saturated rings. The normalized spacial score (nSPS) is 11.5. The number of carbonyl (C=O) groups excluding carboxylic acids is 1. The van der Waals surface area contributed by atoms with Crippen molar-refractivity contribution in [3.8, 4) is 0 Å². The first-order valence-corrected chi connectivity index (χ1v) is 14.6. The van der Waals surface area contributed by atoms with Crippen LogP contribution in [0.5, 0.6) is 0 Å². The predicted octanol–water partition coefficient (Wildman–Crippen LogP) is 11.8. The van der Waals surface area contributed by atoms with E-state index in [1.807, 2.05) is 27.7 Å². The Morgan fingerprint density at radius 1 is 0.675 bits per heavy atom. The van der Waals surface area contributed by atoms with Gasteiger partial charge in [0.1, 0.15) is 0 Å². The molecule has 0 saturated heterocycles. The van der Waals surface area contributed by atoms with Crippen LogP contribution in [-0.4, -0.2) is 5.78 Å². The number of hydrogen-bond acceptors (Lipinski definition) is 3. The third kappa shape index (κ3) is 8.08. The molecule has 2 aromatic heterocycles. The molecule has 0 unspecified atom stereocenters. The molecule has 11 heteroatoms. The van der Waals surface area contributed by atoms with Crippen LogP contribution in [0.15, 0.2) is 57.5 Å². The summed E-state index contributed by atoms with van der Waals surface area (Å²) >= 11 is 10.1. The molecule has 0 aliphatic carbocycles. The average Bonchev–Trinajstić information content (AvgIpc) is 3.25. The Balaban J connectivity index is 0.000000274. The molecule has 0 bridgehead atoms. The highest BCUT2D eigenvalue weighted by Gasteiger charge is 2.31. The molecule has 2 heterocycles. The largest absolute Gasteiger partial charge is 0.416 e. The SMILES string of the molecule is C.Cc1sc(C)c(C(=O)c2ccc(C(F)(F)F)cc2)c1Br.Cc1sc(C)c(Cc2ccc(C(F)(F)F)cc2)c1Br. The Hall–Kier alpha value is -1.95. The zero-order valence-corrected chi connectivity index (χ0v) is 25.9. The van der Waals surface area contributed by atoms with E-state index in [4.69, 9.17) is 0 Å². The van der Waals surface area contributed by atoms with Gasteiger partial charge < -0.3 is 0 Å². The van der Waals surface area contributed by atoms with E-state index in [-0.39, 0.29) is 18.8 Å². The number of benzene rings is 2. The standard InChI is InChI=1S/C14H10BrF3OS.C14H12BrF3S.CH4/c1-7-11(12(15)8(2)20-7)13(19)9-3-5-10(6-4-9)14(16,17)18;1-8-12(13(15)9(2)19-8)7-10-3-5-11(6-4-10)14(16,17)18;/h3-6H,1-2H3;3-6H,7H2,1-2H3;1H4. The van der Waals surface area contributed by atoms with Gasteiger partial charge in [0.05, 0.1) is 16.7 Å². The smallest absolute Gasteiger partial charge is 0.289 e. The summed E-state index contributed by atoms with van der Waals surface area (Å²) in [5.74, 6) is -0.271. The van der Waals surface area contributed by atoms with E-state index in [0.717, 1.165) is 49.6 Å². The van der Waals surface area contributed by atoms with Crippen LogP contribution in [0.2, 0.25) is 0 Å². The summed E-state index contributed by atoms with van der Waals surface area (Å²) in [7, 11) is 0. The molecule has 216 valence electrons. The quantitative estimate of drug-likeness (QED) is 0.151. The summed E-state index contributed by atoms with van der Waals surface area (Å²) in [6.45, 7) is 7.75. The van der Waals surface area contributed by atoms with Crippen LogP contribution in [0.1, 0.15) is 65.1 Å². The van der Waals surface area contributed by atoms with Crippen molar-refractivity contribution < 1.29 is 31.1 Å². The fourth-order valence-corrected chi connectivity index (χ4v) is 7.37. The van der Waals surface area contributed by atoms with E-state index in [9.17, 15) is 31.1 Å². The Bertz CT molecular complexity index is 1460. The molecule has 1 nitrogen and oxygen atoms in total. The third-order valence-corrected chi connectivity index (χ3v) is 10.5. The number of ketones is 1. The van der Waals surface area contributed by atoms with E-state index in [1.165, 1.54) is 33.2 Å². The lowest BCUT2D eigenvalue weighted by Gasteiger charge is -2.08.